The highest BCUT2D eigenvalue weighted by Crippen LogP contribution is 2.23. The van der Waals surface area contributed by atoms with Crippen LogP contribution in [0, 0.1) is 0 Å². The first-order valence-electron chi connectivity index (χ1n) is 7.19. The van der Waals surface area contributed by atoms with Crippen LogP contribution in [-0.2, 0) is 9.53 Å². The minimum atomic E-state index is -1.21. The van der Waals surface area contributed by atoms with Crippen LogP contribution in [-0.4, -0.2) is 47.3 Å². The van der Waals surface area contributed by atoms with E-state index in [0.717, 1.165) is 0 Å². The van der Waals surface area contributed by atoms with E-state index in [1.165, 1.54) is 4.90 Å². The molecule has 0 aromatic heterocycles. The summed E-state index contributed by atoms with van der Waals surface area (Å²) in [7, 11) is 0. The fraction of sp³-hybridized carbons (Fsp3) is 0.733. The van der Waals surface area contributed by atoms with E-state index in [9.17, 15) is 14.0 Å². The van der Waals surface area contributed by atoms with Gasteiger partial charge in [0.2, 0.25) is 5.91 Å². The van der Waals surface area contributed by atoms with Gasteiger partial charge in [-0.05, 0) is 34.1 Å². The van der Waals surface area contributed by atoms with Crippen LogP contribution in [0.4, 0.5) is 9.18 Å². The normalized spacial score (nSPS) is 23.6. The number of hydrogen-bond acceptors (Lipinski definition) is 3. The predicted molar refractivity (Wildman–Crippen MR) is 78.7 cm³/mol. The van der Waals surface area contributed by atoms with Gasteiger partial charge in [-0.25, -0.2) is 9.18 Å². The van der Waals surface area contributed by atoms with Crippen molar-refractivity contribution < 1.29 is 18.7 Å². The molecule has 0 aromatic carbocycles. The summed E-state index contributed by atoms with van der Waals surface area (Å²) in [4.78, 5) is 25.4. The highest BCUT2D eigenvalue weighted by molar-refractivity contribution is 5.86. The number of nitrogens with one attached hydrogen (secondary N) is 1. The van der Waals surface area contributed by atoms with E-state index < -0.39 is 23.9 Å². The second-order valence-electron chi connectivity index (χ2n) is 6.42. The molecule has 21 heavy (non-hydrogen) atoms. The molecule has 0 saturated carbocycles. The molecular weight excluding hydrogens is 275 g/mol. The molecule has 0 aromatic rings. The number of likely N-dealkylation sites (tertiary alicyclic amines) is 1. The first kappa shape index (κ1) is 17.5. The second kappa shape index (κ2) is 6.91. The Morgan fingerprint density at radius 3 is 2.67 bits per heavy atom. The fourth-order valence-corrected chi connectivity index (χ4v) is 2.20. The Hall–Kier alpha value is -1.59. The third-order valence-electron chi connectivity index (χ3n) is 3.09. The average molecular weight is 300 g/mol. The molecule has 1 saturated heterocycles. The van der Waals surface area contributed by atoms with Gasteiger partial charge in [-0.3, -0.25) is 9.69 Å². The smallest absolute Gasteiger partial charge is 0.411 e. The lowest BCUT2D eigenvalue weighted by atomic mass is 10.1. The van der Waals surface area contributed by atoms with Gasteiger partial charge in [0.05, 0.1) is 6.54 Å². The van der Waals surface area contributed by atoms with Crippen LogP contribution in [0.25, 0.3) is 0 Å². The molecular formula is C15H25FN2O3. The molecule has 0 bridgehead atoms. The van der Waals surface area contributed by atoms with Crippen LogP contribution in [0.15, 0.2) is 12.7 Å². The number of hydrogen-bond donors (Lipinski definition) is 1. The molecule has 120 valence electrons. The zero-order valence-corrected chi connectivity index (χ0v) is 13.2. The van der Waals surface area contributed by atoms with Crippen molar-refractivity contribution in [1.82, 2.24) is 10.2 Å². The molecule has 0 radical (unpaired) electrons. The molecule has 0 aliphatic carbocycles. The van der Waals surface area contributed by atoms with Gasteiger partial charge in [0.1, 0.15) is 17.8 Å². The van der Waals surface area contributed by atoms with E-state index in [4.69, 9.17) is 4.74 Å². The van der Waals surface area contributed by atoms with E-state index in [0.29, 0.717) is 6.42 Å². The summed E-state index contributed by atoms with van der Waals surface area (Å²) in [5.74, 6) is -0.352. The Labute approximate surface area is 125 Å². The molecule has 1 aliphatic rings. The summed E-state index contributed by atoms with van der Waals surface area (Å²) in [5, 5.41) is 2.76. The molecule has 1 rings (SSSR count). The lowest BCUT2D eigenvalue weighted by molar-refractivity contribution is -0.126. The molecule has 1 unspecified atom stereocenters. The monoisotopic (exact) mass is 300 g/mol. The van der Waals surface area contributed by atoms with Gasteiger partial charge in [0, 0.05) is 12.5 Å². The molecule has 1 N–H and O–H groups in total. The average Bonchev–Trinajstić information content (AvgIpc) is 2.69. The van der Waals surface area contributed by atoms with Crippen molar-refractivity contribution in [1.29, 1.82) is 0 Å². The van der Waals surface area contributed by atoms with Crippen molar-refractivity contribution in [2.75, 3.05) is 6.54 Å². The van der Waals surface area contributed by atoms with Crippen molar-refractivity contribution in [2.24, 2.45) is 0 Å². The third kappa shape index (κ3) is 5.36. The zero-order chi connectivity index (χ0) is 16.2. The van der Waals surface area contributed by atoms with E-state index in [2.05, 4.69) is 11.9 Å². The Kier molecular flexibility index (Phi) is 5.75. The quantitative estimate of drug-likeness (QED) is 0.811. The highest BCUT2D eigenvalue weighted by atomic mass is 19.1. The maximum atomic E-state index is 13.6. The number of ether oxygens (including phenoxy) is 1. The van der Waals surface area contributed by atoms with E-state index in [-0.39, 0.29) is 24.9 Å². The number of carbonyl (C=O) groups is 2. The molecule has 1 fully saturated rings. The minimum absolute atomic E-state index is 0.00584. The Bertz CT molecular complexity index is 406. The largest absolute Gasteiger partial charge is 0.444 e. The maximum absolute atomic E-state index is 13.6. The topological polar surface area (TPSA) is 58.6 Å². The minimum Gasteiger partial charge on any atom is -0.444 e. The number of alkyl halides is 1. The first-order chi connectivity index (χ1) is 9.64. The number of nitrogens with zero attached hydrogens (tertiary/aromatic N) is 1. The van der Waals surface area contributed by atoms with Gasteiger partial charge >= 0.3 is 6.09 Å². The lowest BCUT2D eigenvalue weighted by Crippen LogP contribution is -2.49. The number of carbonyl (C=O) groups excluding carboxylic acids is 2. The van der Waals surface area contributed by atoms with Gasteiger partial charge in [-0.1, -0.05) is 6.08 Å². The van der Waals surface area contributed by atoms with Crippen LogP contribution in [0.2, 0.25) is 0 Å². The molecule has 5 nitrogen and oxygen atoms in total. The molecule has 3 atom stereocenters. The fourth-order valence-electron chi connectivity index (χ4n) is 2.20. The van der Waals surface area contributed by atoms with E-state index in [1.54, 1.807) is 26.8 Å². The second-order valence-corrected chi connectivity index (χ2v) is 6.42. The number of amides is 2. The van der Waals surface area contributed by atoms with E-state index >= 15 is 0 Å². The van der Waals surface area contributed by atoms with Crippen molar-refractivity contribution in [3.8, 4) is 0 Å². The van der Waals surface area contributed by atoms with Crippen molar-refractivity contribution >= 4 is 12.0 Å². The van der Waals surface area contributed by atoms with Crippen molar-refractivity contribution in [3.63, 3.8) is 0 Å². The van der Waals surface area contributed by atoms with Crippen molar-refractivity contribution in [3.05, 3.63) is 12.7 Å². The molecule has 1 heterocycles. The van der Waals surface area contributed by atoms with Crippen LogP contribution >= 0.6 is 0 Å². The van der Waals surface area contributed by atoms with Gasteiger partial charge in [-0.2, -0.15) is 0 Å². The van der Waals surface area contributed by atoms with E-state index in [1.807, 2.05) is 6.92 Å². The van der Waals surface area contributed by atoms with Gasteiger partial charge in [0.25, 0.3) is 0 Å². The van der Waals surface area contributed by atoms with Gasteiger partial charge in [0.15, 0.2) is 0 Å². The van der Waals surface area contributed by atoms with Gasteiger partial charge in [-0.15, -0.1) is 6.58 Å². The van der Waals surface area contributed by atoms with Crippen LogP contribution < -0.4 is 5.32 Å². The first-order valence-corrected chi connectivity index (χ1v) is 7.19. The number of halogens is 1. The van der Waals surface area contributed by atoms with Crippen molar-refractivity contribution in [2.45, 2.75) is 64.4 Å². The highest BCUT2D eigenvalue weighted by Gasteiger charge is 2.41. The summed E-state index contributed by atoms with van der Waals surface area (Å²) >= 11 is 0. The molecule has 1 aliphatic heterocycles. The Morgan fingerprint density at radius 2 is 2.14 bits per heavy atom. The lowest BCUT2D eigenvalue weighted by Gasteiger charge is -2.28. The van der Waals surface area contributed by atoms with Crippen LogP contribution in [0.5, 0.6) is 0 Å². The summed E-state index contributed by atoms with van der Waals surface area (Å²) in [6.07, 6.45) is 0.459. The summed E-state index contributed by atoms with van der Waals surface area (Å²) < 4.78 is 18.8. The number of rotatable bonds is 4. The molecule has 2 amide bonds. The van der Waals surface area contributed by atoms with Crippen LogP contribution in [0.1, 0.15) is 40.5 Å². The molecule has 6 heteroatoms. The molecule has 0 spiro atoms. The summed E-state index contributed by atoms with van der Waals surface area (Å²) in [6.45, 7) is 10.5. The standard InChI is InChI=1S/C15H25FN2O3/c1-6-7-10(2)17-13(19)12-8-11(16)9-18(12)14(20)21-15(3,4)5/h6,10-12H,1,7-9H2,2-5H3,(H,17,19)/t10?,11-,12+/m0/s1. The van der Waals surface area contributed by atoms with Crippen LogP contribution in [0.3, 0.4) is 0 Å². The Morgan fingerprint density at radius 1 is 1.52 bits per heavy atom. The third-order valence-corrected chi connectivity index (χ3v) is 3.09. The van der Waals surface area contributed by atoms with Gasteiger partial charge < -0.3 is 10.1 Å². The maximum Gasteiger partial charge on any atom is 0.411 e. The SMILES string of the molecule is C=CCC(C)NC(=O)[C@H]1C[C@H](F)CN1C(=O)OC(C)(C)C. The predicted octanol–water partition coefficient (Wildman–Crippen LogP) is 2.41. The summed E-state index contributed by atoms with van der Waals surface area (Å²) in [6, 6.07) is -0.920. The Balaban J connectivity index is 2.72. The zero-order valence-electron chi connectivity index (χ0n) is 13.2. The summed E-state index contributed by atoms with van der Waals surface area (Å²) in [5.41, 5.74) is -0.678.